The van der Waals surface area contributed by atoms with Gasteiger partial charge in [0.05, 0.1) is 0 Å². The Morgan fingerprint density at radius 3 is 2.79 bits per heavy atom. The van der Waals surface area contributed by atoms with Crippen molar-refractivity contribution in [2.75, 3.05) is 18.8 Å². The van der Waals surface area contributed by atoms with E-state index in [0.29, 0.717) is 11.7 Å². The molecule has 4 nitrogen and oxygen atoms in total. The molecule has 0 aliphatic heterocycles. The summed E-state index contributed by atoms with van der Waals surface area (Å²) in [6, 6.07) is 3.78. The van der Waals surface area contributed by atoms with Gasteiger partial charge in [-0.2, -0.15) is 0 Å². The minimum absolute atomic E-state index is 0.0347. The number of nitrogens with zero attached hydrogens (tertiary/aromatic N) is 2. The fraction of sp³-hybridized carbons (Fsp3) is 0.667. The standard InChI is InChI=1S/C15H25N3O/c1-12(2)17(10-13-4-5-13)8-3-9-18-11-14(16)6-7-15(18)19/h6-7,11-13H,3-5,8-10,16H2,1-2H3. The van der Waals surface area contributed by atoms with E-state index in [-0.39, 0.29) is 5.56 Å². The van der Waals surface area contributed by atoms with E-state index in [1.165, 1.54) is 19.4 Å². The number of aryl methyl sites for hydroxylation is 1. The predicted molar refractivity (Wildman–Crippen MR) is 79.2 cm³/mol. The van der Waals surface area contributed by atoms with Gasteiger partial charge in [0.15, 0.2) is 0 Å². The van der Waals surface area contributed by atoms with Gasteiger partial charge >= 0.3 is 0 Å². The summed E-state index contributed by atoms with van der Waals surface area (Å²) in [5.41, 5.74) is 6.40. The Kier molecular flexibility index (Phi) is 4.64. The monoisotopic (exact) mass is 263 g/mol. The molecular weight excluding hydrogens is 238 g/mol. The minimum Gasteiger partial charge on any atom is -0.398 e. The van der Waals surface area contributed by atoms with Crippen LogP contribution in [0.5, 0.6) is 0 Å². The van der Waals surface area contributed by atoms with Crippen LogP contribution in [0.25, 0.3) is 0 Å². The number of anilines is 1. The number of rotatable bonds is 7. The normalized spacial score (nSPS) is 15.4. The van der Waals surface area contributed by atoms with Crippen LogP contribution in [-0.2, 0) is 6.54 Å². The molecule has 1 aliphatic carbocycles. The molecule has 0 unspecified atom stereocenters. The fourth-order valence-electron chi connectivity index (χ4n) is 2.36. The maximum atomic E-state index is 11.7. The summed E-state index contributed by atoms with van der Waals surface area (Å²) in [7, 11) is 0. The van der Waals surface area contributed by atoms with E-state index >= 15 is 0 Å². The fourth-order valence-corrected chi connectivity index (χ4v) is 2.36. The number of aromatic nitrogens is 1. The van der Waals surface area contributed by atoms with Crippen molar-refractivity contribution in [3.05, 3.63) is 28.7 Å². The molecule has 0 radical (unpaired) electrons. The maximum absolute atomic E-state index is 11.7. The molecule has 4 heteroatoms. The topological polar surface area (TPSA) is 51.3 Å². The molecule has 0 spiro atoms. The van der Waals surface area contributed by atoms with Crippen LogP contribution in [0.4, 0.5) is 5.69 Å². The second-order valence-corrected chi connectivity index (χ2v) is 5.88. The van der Waals surface area contributed by atoms with Crippen molar-refractivity contribution >= 4 is 5.69 Å². The van der Waals surface area contributed by atoms with E-state index in [2.05, 4.69) is 18.7 Å². The Morgan fingerprint density at radius 1 is 1.42 bits per heavy atom. The molecule has 1 aromatic rings. The molecular formula is C15H25N3O. The molecule has 0 bridgehead atoms. The second-order valence-electron chi connectivity index (χ2n) is 5.88. The molecule has 106 valence electrons. The van der Waals surface area contributed by atoms with Crippen LogP contribution in [0.3, 0.4) is 0 Å². The van der Waals surface area contributed by atoms with Crippen molar-refractivity contribution in [3.63, 3.8) is 0 Å². The summed E-state index contributed by atoms with van der Waals surface area (Å²) in [5, 5.41) is 0. The maximum Gasteiger partial charge on any atom is 0.250 e. The molecule has 0 atom stereocenters. The summed E-state index contributed by atoms with van der Waals surface area (Å²) in [6.45, 7) is 7.50. The highest BCUT2D eigenvalue weighted by atomic mass is 16.1. The third kappa shape index (κ3) is 4.39. The average Bonchev–Trinajstić information content (AvgIpc) is 3.16. The van der Waals surface area contributed by atoms with E-state index in [1.54, 1.807) is 22.9 Å². The first kappa shape index (κ1) is 14.1. The van der Waals surface area contributed by atoms with Crippen LogP contribution in [0, 0.1) is 5.92 Å². The van der Waals surface area contributed by atoms with Gasteiger partial charge in [0.25, 0.3) is 5.56 Å². The van der Waals surface area contributed by atoms with Crippen molar-refractivity contribution < 1.29 is 0 Å². The first-order valence-corrected chi connectivity index (χ1v) is 7.26. The van der Waals surface area contributed by atoms with Crippen molar-refractivity contribution in [1.82, 2.24) is 9.47 Å². The number of hydrogen-bond donors (Lipinski definition) is 1. The summed E-state index contributed by atoms with van der Waals surface area (Å²) < 4.78 is 1.71. The quantitative estimate of drug-likeness (QED) is 0.818. The first-order valence-electron chi connectivity index (χ1n) is 7.26. The van der Waals surface area contributed by atoms with Crippen LogP contribution >= 0.6 is 0 Å². The van der Waals surface area contributed by atoms with Crippen molar-refractivity contribution in [2.24, 2.45) is 5.92 Å². The van der Waals surface area contributed by atoms with Gasteiger partial charge in [-0.15, -0.1) is 0 Å². The van der Waals surface area contributed by atoms with E-state index < -0.39 is 0 Å². The lowest BCUT2D eigenvalue weighted by Gasteiger charge is -2.26. The molecule has 1 heterocycles. The number of nitrogens with two attached hydrogens (primary N) is 1. The van der Waals surface area contributed by atoms with Gasteiger partial charge in [-0.05, 0) is 45.1 Å². The molecule has 2 rings (SSSR count). The Labute approximate surface area is 115 Å². The van der Waals surface area contributed by atoms with Gasteiger partial charge in [-0.3, -0.25) is 4.79 Å². The zero-order valence-corrected chi connectivity index (χ0v) is 12.0. The average molecular weight is 263 g/mol. The minimum atomic E-state index is 0.0347. The molecule has 2 N–H and O–H groups in total. The lowest BCUT2D eigenvalue weighted by Crippen LogP contribution is -2.34. The van der Waals surface area contributed by atoms with Gasteiger partial charge in [-0.1, -0.05) is 0 Å². The lowest BCUT2D eigenvalue weighted by molar-refractivity contribution is 0.206. The van der Waals surface area contributed by atoms with Gasteiger partial charge in [0, 0.05) is 43.6 Å². The summed E-state index contributed by atoms with van der Waals surface area (Å²) in [5.74, 6) is 0.914. The Bertz CT molecular complexity index is 463. The van der Waals surface area contributed by atoms with Crippen LogP contribution in [0.1, 0.15) is 33.1 Å². The summed E-state index contributed by atoms with van der Waals surface area (Å²) in [6.07, 6.45) is 5.51. The lowest BCUT2D eigenvalue weighted by atomic mass is 10.2. The highest BCUT2D eigenvalue weighted by Crippen LogP contribution is 2.30. The van der Waals surface area contributed by atoms with E-state index in [0.717, 1.165) is 25.4 Å². The van der Waals surface area contributed by atoms with E-state index in [4.69, 9.17) is 5.73 Å². The molecule has 0 saturated heterocycles. The SMILES string of the molecule is CC(C)N(CCCn1cc(N)ccc1=O)CC1CC1. The van der Waals surface area contributed by atoms with Gasteiger partial charge < -0.3 is 15.2 Å². The van der Waals surface area contributed by atoms with E-state index in [9.17, 15) is 4.79 Å². The highest BCUT2D eigenvalue weighted by molar-refractivity contribution is 5.33. The van der Waals surface area contributed by atoms with Crippen LogP contribution in [0.15, 0.2) is 23.1 Å². The number of hydrogen-bond acceptors (Lipinski definition) is 3. The first-order chi connectivity index (χ1) is 9.06. The van der Waals surface area contributed by atoms with Gasteiger partial charge in [0.1, 0.15) is 0 Å². The Morgan fingerprint density at radius 2 is 2.16 bits per heavy atom. The number of pyridine rings is 1. The van der Waals surface area contributed by atoms with Crippen molar-refractivity contribution in [2.45, 2.75) is 45.7 Å². The summed E-state index contributed by atoms with van der Waals surface area (Å²) in [4.78, 5) is 14.2. The molecule has 0 amide bonds. The third-order valence-electron chi connectivity index (χ3n) is 3.77. The predicted octanol–water partition coefficient (Wildman–Crippen LogP) is 1.94. The smallest absolute Gasteiger partial charge is 0.250 e. The molecule has 19 heavy (non-hydrogen) atoms. The molecule has 1 aliphatic rings. The van der Waals surface area contributed by atoms with Crippen LogP contribution in [-0.4, -0.2) is 28.6 Å². The zero-order chi connectivity index (χ0) is 13.8. The third-order valence-corrected chi connectivity index (χ3v) is 3.77. The summed E-state index contributed by atoms with van der Waals surface area (Å²) >= 11 is 0. The number of nitrogen functional groups attached to an aromatic ring is 1. The van der Waals surface area contributed by atoms with Gasteiger partial charge in [0.2, 0.25) is 0 Å². The Hall–Kier alpha value is -1.29. The van der Waals surface area contributed by atoms with Crippen molar-refractivity contribution in [1.29, 1.82) is 0 Å². The molecule has 1 aromatic heterocycles. The van der Waals surface area contributed by atoms with Gasteiger partial charge in [-0.25, -0.2) is 0 Å². The van der Waals surface area contributed by atoms with E-state index in [1.807, 2.05) is 0 Å². The molecule has 0 aromatic carbocycles. The van der Waals surface area contributed by atoms with Crippen LogP contribution < -0.4 is 11.3 Å². The van der Waals surface area contributed by atoms with Crippen LogP contribution in [0.2, 0.25) is 0 Å². The van der Waals surface area contributed by atoms with Crippen molar-refractivity contribution in [3.8, 4) is 0 Å². The highest BCUT2D eigenvalue weighted by Gasteiger charge is 2.25. The largest absolute Gasteiger partial charge is 0.398 e. The molecule has 1 saturated carbocycles. The molecule has 1 fully saturated rings. The Balaban J connectivity index is 1.83. The zero-order valence-electron chi connectivity index (χ0n) is 12.0. The second kappa shape index (κ2) is 6.24.